The third kappa shape index (κ3) is 13.3. The first kappa shape index (κ1) is 39.7. The second kappa shape index (κ2) is 20.0. The summed E-state index contributed by atoms with van der Waals surface area (Å²) in [6.45, 7) is 1.78. The van der Waals surface area contributed by atoms with Gasteiger partial charge in [-0.1, -0.05) is 54.6 Å². The number of primary amides is 1. The van der Waals surface area contributed by atoms with E-state index in [1.165, 1.54) is 6.92 Å². The number of carbonyl (C=O) groups is 5. The Kier molecular flexibility index (Phi) is 15.9. The molecular formula is C35H46IN9O5. The lowest BCUT2D eigenvalue weighted by atomic mass is 9.99. The summed E-state index contributed by atoms with van der Waals surface area (Å²) in [6, 6.07) is 16.6. The molecule has 3 rings (SSSR count). The van der Waals surface area contributed by atoms with Gasteiger partial charge in [0, 0.05) is 29.9 Å². The summed E-state index contributed by atoms with van der Waals surface area (Å²) in [4.78, 5) is 69.4. The van der Waals surface area contributed by atoms with Crippen LogP contribution in [0.2, 0.25) is 0 Å². The summed E-state index contributed by atoms with van der Waals surface area (Å²) in [5.41, 5.74) is 23.7. The fourth-order valence-electron chi connectivity index (χ4n) is 5.32. The fraction of sp³-hybridized carbons (Fsp3) is 0.371. The van der Waals surface area contributed by atoms with E-state index in [2.05, 4.69) is 48.9 Å². The first-order chi connectivity index (χ1) is 23.9. The molecule has 0 bridgehead atoms. The van der Waals surface area contributed by atoms with Gasteiger partial charge in [0.2, 0.25) is 29.5 Å². The van der Waals surface area contributed by atoms with Crippen molar-refractivity contribution < 1.29 is 24.0 Å². The summed E-state index contributed by atoms with van der Waals surface area (Å²) in [7, 11) is 0. The Morgan fingerprint density at radius 1 is 0.680 bits per heavy atom. The minimum Gasteiger partial charge on any atom is -0.370 e. The van der Waals surface area contributed by atoms with Crippen molar-refractivity contribution in [2.75, 3.05) is 13.1 Å². The molecule has 0 unspecified atom stereocenters. The highest BCUT2D eigenvalue weighted by Gasteiger charge is 2.31. The highest BCUT2D eigenvalue weighted by molar-refractivity contribution is 14.1. The molecule has 0 aliphatic carbocycles. The van der Waals surface area contributed by atoms with Crippen LogP contribution in [0.25, 0.3) is 10.8 Å². The smallest absolute Gasteiger partial charge is 0.243 e. The van der Waals surface area contributed by atoms with E-state index in [0.717, 1.165) is 25.5 Å². The second-order valence-electron chi connectivity index (χ2n) is 11.9. The van der Waals surface area contributed by atoms with Crippen molar-refractivity contribution in [3.8, 4) is 0 Å². The molecule has 0 aliphatic rings. The molecule has 3 aromatic carbocycles. The van der Waals surface area contributed by atoms with Crippen molar-refractivity contribution in [2.45, 2.75) is 69.6 Å². The van der Waals surface area contributed by atoms with E-state index in [-0.39, 0.29) is 44.7 Å². The van der Waals surface area contributed by atoms with Crippen molar-refractivity contribution in [1.82, 2.24) is 21.3 Å². The maximum Gasteiger partial charge on any atom is 0.243 e. The summed E-state index contributed by atoms with van der Waals surface area (Å²) in [5, 5.41) is 12.8. The maximum absolute atomic E-state index is 13.9. The zero-order valence-corrected chi connectivity index (χ0v) is 30.2. The normalized spacial score (nSPS) is 13.3. The highest BCUT2D eigenvalue weighted by Crippen LogP contribution is 2.17. The number of benzene rings is 3. The van der Waals surface area contributed by atoms with E-state index < -0.39 is 53.7 Å². The topological polar surface area (TPSA) is 250 Å². The predicted molar refractivity (Wildman–Crippen MR) is 201 cm³/mol. The van der Waals surface area contributed by atoms with Crippen LogP contribution in [0.15, 0.2) is 71.7 Å². The van der Waals surface area contributed by atoms with Crippen LogP contribution in [0.3, 0.4) is 0 Å². The van der Waals surface area contributed by atoms with Crippen LogP contribution in [-0.2, 0) is 36.8 Å². The van der Waals surface area contributed by atoms with Gasteiger partial charge >= 0.3 is 0 Å². The Hall–Kier alpha value is -4.77. The Bertz CT molecular complexity index is 1660. The summed E-state index contributed by atoms with van der Waals surface area (Å²) in [6.07, 6.45) is 1.34. The molecule has 0 aromatic heterocycles. The lowest BCUT2D eigenvalue weighted by Gasteiger charge is -2.26. The van der Waals surface area contributed by atoms with E-state index in [4.69, 9.17) is 22.9 Å². The molecule has 268 valence electrons. The van der Waals surface area contributed by atoms with Gasteiger partial charge in [0.25, 0.3) is 0 Å². The van der Waals surface area contributed by atoms with Crippen molar-refractivity contribution in [2.24, 2.45) is 27.9 Å². The molecule has 5 amide bonds. The Morgan fingerprint density at radius 3 is 1.84 bits per heavy atom. The summed E-state index contributed by atoms with van der Waals surface area (Å²) in [5.74, 6) is -3.11. The number of guanidine groups is 1. The van der Waals surface area contributed by atoms with Crippen LogP contribution >= 0.6 is 22.6 Å². The van der Waals surface area contributed by atoms with Crippen molar-refractivity contribution in [3.05, 3.63) is 81.4 Å². The number of carbonyl (C=O) groups excluding carboxylic acids is 5. The number of hydrogen-bond donors (Lipinski definition) is 8. The van der Waals surface area contributed by atoms with Gasteiger partial charge in [0.15, 0.2) is 5.96 Å². The molecule has 50 heavy (non-hydrogen) atoms. The van der Waals surface area contributed by atoms with Gasteiger partial charge in [-0.2, -0.15) is 0 Å². The van der Waals surface area contributed by atoms with Gasteiger partial charge in [-0.15, -0.1) is 0 Å². The molecule has 12 N–H and O–H groups in total. The monoisotopic (exact) mass is 799 g/mol. The van der Waals surface area contributed by atoms with E-state index in [0.29, 0.717) is 12.8 Å². The fourth-order valence-corrected chi connectivity index (χ4v) is 5.68. The SMILES string of the molecule is CC(=O)N[C@H](Cc1ccc(I)cc1)C(=O)N[C@@H](CCCN)C(=O)N[C@@H](Cc1ccc2ccccc2c1)C(=O)N[C@@H](CCCN=C(N)N)C(N)=O. The average molecular weight is 800 g/mol. The Balaban J connectivity index is 1.85. The van der Waals surface area contributed by atoms with Crippen LogP contribution in [0.4, 0.5) is 0 Å². The molecule has 0 heterocycles. The predicted octanol–water partition coefficient (Wildman–Crippen LogP) is 0.467. The van der Waals surface area contributed by atoms with Crippen molar-refractivity contribution >= 4 is 68.9 Å². The number of nitrogens with one attached hydrogen (secondary N) is 4. The molecule has 3 aromatic rings. The molecule has 0 spiro atoms. The number of rotatable bonds is 19. The van der Waals surface area contributed by atoms with Crippen LogP contribution < -0.4 is 44.2 Å². The summed E-state index contributed by atoms with van der Waals surface area (Å²) >= 11 is 2.17. The largest absolute Gasteiger partial charge is 0.370 e. The van der Waals surface area contributed by atoms with Crippen LogP contribution in [0.1, 0.15) is 43.7 Å². The average Bonchev–Trinajstić information content (AvgIpc) is 3.07. The quantitative estimate of drug-likeness (QED) is 0.0366. The van der Waals surface area contributed by atoms with Crippen molar-refractivity contribution in [3.63, 3.8) is 0 Å². The van der Waals surface area contributed by atoms with E-state index >= 15 is 0 Å². The first-order valence-electron chi connectivity index (χ1n) is 16.3. The van der Waals surface area contributed by atoms with E-state index in [1.54, 1.807) is 0 Å². The van der Waals surface area contributed by atoms with Gasteiger partial charge in [-0.05, 0) is 88.9 Å². The third-order valence-electron chi connectivity index (χ3n) is 7.87. The number of halogens is 1. The van der Waals surface area contributed by atoms with Gasteiger partial charge < -0.3 is 44.2 Å². The molecule has 15 heteroatoms. The van der Waals surface area contributed by atoms with Crippen LogP contribution in [-0.4, -0.2) is 72.8 Å². The highest BCUT2D eigenvalue weighted by atomic mass is 127. The van der Waals surface area contributed by atoms with Crippen molar-refractivity contribution in [1.29, 1.82) is 0 Å². The number of fused-ring (bicyclic) bond motifs is 1. The number of aliphatic imine (C=N–C) groups is 1. The minimum absolute atomic E-state index is 0.0702. The van der Waals surface area contributed by atoms with Gasteiger partial charge in [0.05, 0.1) is 0 Å². The molecule has 0 saturated carbocycles. The van der Waals surface area contributed by atoms with Gasteiger partial charge in [-0.25, -0.2) is 0 Å². The zero-order valence-electron chi connectivity index (χ0n) is 28.0. The number of hydrogen-bond acceptors (Lipinski definition) is 7. The lowest BCUT2D eigenvalue weighted by Crippen LogP contribution is -2.58. The van der Waals surface area contributed by atoms with Crippen LogP contribution in [0, 0.1) is 3.57 Å². The summed E-state index contributed by atoms with van der Waals surface area (Å²) < 4.78 is 1.01. The van der Waals surface area contributed by atoms with Gasteiger partial charge in [0.1, 0.15) is 24.2 Å². The van der Waals surface area contributed by atoms with E-state index in [9.17, 15) is 24.0 Å². The molecule has 0 radical (unpaired) electrons. The third-order valence-corrected chi connectivity index (χ3v) is 8.59. The van der Waals surface area contributed by atoms with Gasteiger partial charge in [-0.3, -0.25) is 29.0 Å². The molecule has 14 nitrogen and oxygen atoms in total. The van der Waals surface area contributed by atoms with Crippen LogP contribution in [0.5, 0.6) is 0 Å². The molecule has 4 atom stereocenters. The minimum atomic E-state index is -1.15. The van der Waals surface area contributed by atoms with E-state index in [1.807, 2.05) is 66.7 Å². The number of amides is 5. The molecule has 0 saturated heterocycles. The number of nitrogens with zero attached hydrogens (tertiary/aromatic N) is 1. The standard InChI is InChI=1S/C35H46IN9O5/c1-21(46)42-29(19-22-11-14-26(36)15-12-22)33(49)44-28(8-4-16-37)32(48)45-30(20-23-10-13-24-6-2-3-7-25(24)18-23)34(50)43-27(31(38)47)9-5-17-41-35(39)40/h2-3,6-7,10-15,18,27-30H,4-5,8-9,16-17,19-20,37H2,1H3,(H2,38,47)(H,42,46)(H,43,50)(H,44,49)(H,45,48)(H4,39,40,41)/t27-,28-,29+,30-/m0/s1. The lowest BCUT2D eigenvalue weighted by molar-refractivity contribution is -0.134. The first-order valence-corrected chi connectivity index (χ1v) is 17.4. The molecule has 0 fully saturated rings. The zero-order chi connectivity index (χ0) is 36.6. The maximum atomic E-state index is 13.9. The number of nitrogens with two attached hydrogens (primary N) is 4. The molecule has 0 aliphatic heterocycles. The Labute approximate surface area is 305 Å². The molecular weight excluding hydrogens is 753 g/mol. The second-order valence-corrected chi connectivity index (χ2v) is 13.2. The Morgan fingerprint density at radius 2 is 1.22 bits per heavy atom.